The molecule has 23 heavy (non-hydrogen) atoms. The van der Waals surface area contributed by atoms with Crippen LogP contribution in [0.15, 0.2) is 15.2 Å². The second kappa shape index (κ2) is 6.51. The number of piperidine rings is 1. The second-order valence-electron chi connectivity index (χ2n) is 6.27. The molecule has 0 saturated carbocycles. The van der Waals surface area contributed by atoms with Gasteiger partial charge in [-0.2, -0.15) is 4.52 Å². The summed E-state index contributed by atoms with van der Waals surface area (Å²) in [5.74, 6) is 0. The molecule has 0 N–H and O–H groups in total. The molecule has 1 atom stereocenters. The van der Waals surface area contributed by atoms with E-state index in [-0.39, 0.29) is 5.56 Å². The molecule has 0 amide bonds. The van der Waals surface area contributed by atoms with Gasteiger partial charge in [0.25, 0.3) is 5.56 Å². The zero-order chi connectivity index (χ0) is 15.8. The number of aromatic nitrogens is 3. The van der Waals surface area contributed by atoms with Gasteiger partial charge in [-0.25, -0.2) is 4.98 Å². The summed E-state index contributed by atoms with van der Waals surface area (Å²) in [6, 6.07) is 2.33. The summed E-state index contributed by atoms with van der Waals surface area (Å²) in [5, 5.41) is 4.28. The number of hydrogen-bond acceptors (Lipinski definition) is 7. The average Bonchev–Trinajstić information content (AvgIpc) is 2.98. The molecule has 0 bridgehead atoms. The van der Waals surface area contributed by atoms with Crippen molar-refractivity contribution < 1.29 is 0 Å². The Kier molecular flexibility index (Phi) is 4.40. The van der Waals surface area contributed by atoms with E-state index >= 15 is 0 Å². The van der Waals surface area contributed by atoms with Gasteiger partial charge in [-0.05, 0) is 25.6 Å². The van der Waals surface area contributed by atoms with Crippen LogP contribution in [0.25, 0.3) is 4.96 Å². The minimum atomic E-state index is -0.0714. The quantitative estimate of drug-likeness (QED) is 0.782. The molecular formula is C15H21N5OS2. The molecule has 8 heteroatoms. The van der Waals surface area contributed by atoms with Crippen molar-refractivity contribution >= 4 is 28.1 Å². The topological polar surface area (TPSA) is 53.7 Å². The number of piperazine rings is 1. The summed E-state index contributed by atoms with van der Waals surface area (Å²) in [4.78, 5) is 22.7. The molecular weight excluding hydrogens is 330 g/mol. The molecule has 0 spiro atoms. The molecule has 2 fully saturated rings. The van der Waals surface area contributed by atoms with Crippen molar-refractivity contribution in [3.8, 4) is 0 Å². The maximum atomic E-state index is 12.2. The molecule has 0 radical (unpaired) electrons. The Morgan fingerprint density at radius 2 is 2.26 bits per heavy atom. The Morgan fingerprint density at radius 1 is 1.35 bits per heavy atom. The first-order valence-corrected chi connectivity index (χ1v) is 10.2. The summed E-state index contributed by atoms with van der Waals surface area (Å²) in [7, 11) is 0. The first kappa shape index (κ1) is 15.6. The van der Waals surface area contributed by atoms with Crippen molar-refractivity contribution in [1.82, 2.24) is 24.4 Å². The van der Waals surface area contributed by atoms with Crippen LogP contribution < -0.4 is 5.56 Å². The summed E-state index contributed by atoms with van der Waals surface area (Å²) in [6.07, 6.45) is 5.96. The molecule has 2 aliphatic heterocycles. The Labute approximate surface area is 143 Å². The predicted molar refractivity (Wildman–Crippen MR) is 93.4 cm³/mol. The van der Waals surface area contributed by atoms with E-state index in [1.54, 1.807) is 17.8 Å². The molecule has 2 aromatic heterocycles. The van der Waals surface area contributed by atoms with E-state index < -0.39 is 0 Å². The highest BCUT2D eigenvalue weighted by Gasteiger charge is 2.29. The Bertz CT molecular complexity index is 758. The number of rotatable bonds is 3. The van der Waals surface area contributed by atoms with Gasteiger partial charge in [-0.15, -0.1) is 5.10 Å². The minimum Gasteiger partial charge on any atom is -0.298 e. The average molecular weight is 352 g/mol. The number of fused-ring (bicyclic) bond motifs is 2. The standard InChI is InChI=1S/C15H21N5OS2/c1-22-15-17-20-13(21)8-11(16-14(20)23-15)9-18-6-7-19-5-3-2-4-12(19)10-18/h8,12H,2-7,9-10H2,1H3. The van der Waals surface area contributed by atoms with E-state index in [1.165, 1.54) is 41.7 Å². The molecule has 2 saturated heterocycles. The number of nitrogens with zero attached hydrogens (tertiary/aromatic N) is 5. The van der Waals surface area contributed by atoms with Crippen LogP contribution in [0.1, 0.15) is 25.0 Å². The van der Waals surface area contributed by atoms with Crippen molar-refractivity contribution in [2.75, 3.05) is 32.4 Å². The van der Waals surface area contributed by atoms with Gasteiger partial charge in [0.2, 0.25) is 4.96 Å². The van der Waals surface area contributed by atoms with Crippen molar-refractivity contribution in [3.63, 3.8) is 0 Å². The highest BCUT2D eigenvalue weighted by atomic mass is 32.2. The fourth-order valence-electron chi connectivity index (χ4n) is 3.60. The van der Waals surface area contributed by atoms with E-state index in [2.05, 4.69) is 19.9 Å². The number of thioether (sulfide) groups is 1. The maximum Gasteiger partial charge on any atom is 0.275 e. The van der Waals surface area contributed by atoms with Gasteiger partial charge in [0.1, 0.15) is 0 Å². The summed E-state index contributed by atoms with van der Waals surface area (Å²) in [6.45, 7) is 5.32. The lowest BCUT2D eigenvalue weighted by molar-refractivity contribution is 0.0451. The van der Waals surface area contributed by atoms with Gasteiger partial charge in [-0.3, -0.25) is 14.6 Å². The molecule has 6 nitrogen and oxygen atoms in total. The Balaban J connectivity index is 1.52. The zero-order valence-electron chi connectivity index (χ0n) is 13.3. The van der Waals surface area contributed by atoms with Crippen LogP contribution in [0.5, 0.6) is 0 Å². The van der Waals surface area contributed by atoms with Crippen LogP contribution in [-0.4, -0.2) is 62.9 Å². The van der Waals surface area contributed by atoms with Crippen molar-refractivity contribution in [1.29, 1.82) is 0 Å². The second-order valence-corrected chi connectivity index (χ2v) is 8.28. The Morgan fingerprint density at radius 3 is 3.13 bits per heavy atom. The zero-order valence-corrected chi connectivity index (χ0v) is 14.9. The van der Waals surface area contributed by atoms with Gasteiger partial charge in [0, 0.05) is 38.3 Å². The van der Waals surface area contributed by atoms with Gasteiger partial charge in [0.15, 0.2) is 4.34 Å². The molecule has 2 aromatic rings. The van der Waals surface area contributed by atoms with Crippen LogP contribution in [0, 0.1) is 0 Å². The normalized spacial score (nSPS) is 23.3. The van der Waals surface area contributed by atoms with Gasteiger partial charge in [-0.1, -0.05) is 29.5 Å². The van der Waals surface area contributed by atoms with E-state index in [4.69, 9.17) is 0 Å². The molecule has 4 rings (SSSR count). The van der Waals surface area contributed by atoms with Crippen LogP contribution in [0.4, 0.5) is 0 Å². The lowest BCUT2D eigenvalue weighted by Gasteiger charge is -2.44. The van der Waals surface area contributed by atoms with Crippen LogP contribution >= 0.6 is 23.1 Å². The fraction of sp³-hybridized carbons (Fsp3) is 0.667. The van der Waals surface area contributed by atoms with Gasteiger partial charge < -0.3 is 0 Å². The van der Waals surface area contributed by atoms with Crippen LogP contribution in [-0.2, 0) is 6.54 Å². The van der Waals surface area contributed by atoms with Crippen LogP contribution in [0.2, 0.25) is 0 Å². The maximum absolute atomic E-state index is 12.2. The smallest absolute Gasteiger partial charge is 0.275 e. The van der Waals surface area contributed by atoms with Gasteiger partial charge in [0.05, 0.1) is 5.69 Å². The van der Waals surface area contributed by atoms with Gasteiger partial charge >= 0.3 is 0 Å². The molecule has 0 aliphatic carbocycles. The highest BCUT2D eigenvalue weighted by molar-refractivity contribution is 8.00. The molecule has 1 unspecified atom stereocenters. The van der Waals surface area contributed by atoms with Crippen LogP contribution in [0.3, 0.4) is 0 Å². The molecule has 2 aliphatic rings. The first-order valence-electron chi connectivity index (χ1n) is 8.13. The molecule has 0 aromatic carbocycles. The number of hydrogen-bond donors (Lipinski definition) is 0. The monoisotopic (exact) mass is 351 g/mol. The van der Waals surface area contributed by atoms with Crippen molar-refractivity contribution in [2.24, 2.45) is 0 Å². The Hall–Kier alpha value is -0.960. The van der Waals surface area contributed by atoms with E-state index in [1.807, 2.05) is 6.26 Å². The summed E-state index contributed by atoms with van der Waals surface area (Å²) < 4.78 is 2.29. The summed E-state index contributed by atoms with van der Waals surface area (Å²) in [5.41, 5.74) is 0.799. The third-order valence-corrected chi connectivity index (χ3v) is 6.65. The molecule has 124 valence electrons. The first-order chi connectivity index (χ1) is 11.2. The third-order valence-electron chi connectivity index (χ3n) is 4.76. The van der Waals surface area contributed by atoms with E-state index in [0.29, 0.717) is 11.0 Å². The summed E-state index contributed by atoms with van der Waals surface area (Å²) >= 11 is 3.03. The SMILES string of the molecule is CSc1nn2c(=O)cc(CN3CCN4CCCCC4C3)nc2s1. The van der Waals surface area contributed by atoms with E-state index in [0.717, 1.165) is 36.2 Å². The largest absolute Gasteiger partial charge is 0.298 e. The minimum absolute atomic E-state index is 0.0714. The fourth-order valence-corrected chi connectivity index (χ4v) is 4.97. The lowest BCUT2D eigenvalue weighted by atomic mass is 9.99. The highest BCUT2D eigenvalue weighted by Crippen LogP contribution is 2.23. The lowest BCUT2D eigenvalue weighted by Crippen LogP contribution is -2.54. The van der Waals surface area contributed by atoms with E-state index in [9.17, 15) is 4.79 Å². The predicted octanol–water partition coefficient (Wildman–Crippen LogP) is 1.54. The molecule has 4 heterocycles. The van der Waals surface area contributed by atoms with Crippen molar-refractivity contribution in [2.45, 2.75) is 36.2 Å². The third kappa shape index (κ3) is 3.17. The van der Waals surface area contributed by atoms with Crippen molar-refractivity contribution in [3.05, 3.63) is 22.1 Å².